The van der Waals surface area contributed by atoms with E-state index in [1.165, 1.54) is 27.8 Å². The predicted molar refractivity (Wildman–Crippen MR) is 88.1 cm³/mol. The third kappa shape index (κ3) is 3.70. The number of benzene rings is 1. The molecule has 2 rings (SSSR count). The molecule has 0 radical (unpaired) electrons. The van der Waals surface area contributed by atoms with Crippen LogP contribution in [-0.4, -0.2) is 0 Å². The molecular weight excluding hydrogens is 228 g/mol. The van der Waals surface area contributed by atoms with Crippen molar-refractivity contribution >= 4 is 11.6 Å². The Morgan fingerprint density at radius 3 is 2.63 bits per heavy atom. The fraction of sp³-hybridized carbons (Fsp3) is 0.368. The first kappa shape index (κ1) is 15.5. The maximum Gasteiger partial charge on any atom is -0.00510 e. The Kier molecular flexibility index (Phi) is 5.82. The molecule has 0 fully saturated rings. The van der Waals surface area contributed by atoms with Gasteiger partial charge in [0, 0.05) is 0 Å². The van der Waals surface area contributed by atoms with Gasteiger partial charge in [-0.25, -0.2) is 0 Å². The summed E-state index contributed by atoms with van der Waals surface area (Å²) in [7, 11) is 0. The Hall–Kier alpha value is -1.56. The third-order valence-corrected chi connectivity index (χ3v) is 3.49. The van der Waals surface area contributed by atoms with E-state index in [1.54, 1.807) is 0 Å². The molecule has 0 nitrogen and oxygen atoms in total. The van der Waals surface area contributed by atoms with Crippen LogP contribution in [0.25, 0.3) is 11.6 Å². The fourth-order valence-electron chi connectivity index (χ4n) is 2.28. The largest absolute Gasteiger partial charge is 0.0996 e. The third-order valence-electron chi connectivity index (χ3n) is 3.49. The molecule has 102 valence electrons. The van der Waals surface area contributed by atoms with E-state index in [-0.39, 0.29) is 0 Å². The summed E-state index contributed by atoms with van der Waals surface area (Å²) >= 11 is 0. The quantitative estimate of drug-likeness (QED) is 0.565. The van der Waals surface area contributed by atoms with E-state index in [0.29, 0.717) is 5.92 Å². The molecule has 0 saturated carbocycles. The summed E-state index contributed by atoms with van der Waals surface area (Å²) in [6, 6.07) is 6.51. The van der Waals surface area contributed by atoms with E-state index in [2.05, 4.69) is 63.8 Å². The number of rotatable bonds is 2. The highest BCUT2D eigenvalue weighted by atomic mass is 14.2. The lowest BCUT2D eigenvalue weighted by Crippen LogP contribution is -1.99. The highest BCUT2D eigenvalue weighted by Gasteiger charge is 2.13. The minimum atomic E-state index is 0.448. The van der Waals surface area contributed by atoms with Gasteiger partial charge in [0.25, 0.3) is 0 Å². The molecule has 0 N–H and O–H groups in total. The molecule has 0 heteroatoms. The number of allylic oxidation sites excluding steroid dienone is 4. The Bertz CT molecular complexity index is 501. The van der Waals surface area contributed by atoms with Gasteiger partial charge in [-0.05, 0) is 48.4 Å². The molecule has 1 unspecified atom stereocenters. The van der Waals surface area contributed by atoms with Crippen LogP contribution in [-0.2, 0) is 0 Å². The van der Waals surface area contributed by atoms with Crippen LogP contribution in [0.1, 0.15) is 50.8 Å². The summed E-state index contributed by atoms with van der Waals surface area (Å²) in [5, 5.41) is 0. The van der Waals surface area contributed by atoms with Crippen LogP contribution in [0.3, 0.4) is 0 Å². The molecule has 0 saturated heterocycles. The normalized spacial score (nSPS) is 16.4. The van der Waals surface area contributed by atoms with Crippen LogP contribution >= 0.6 is 0 Å². The zero-order valence-electron chi connectivity index (χ0n) is 13.0. The maximum atomic E-state index is 4.04. The van der Waals surface area contributed by atoms with Crippen LogP contribution in [0.2, 0.25) is 0 Å². The fourth-order valence-corrected chi connectivity index (χ4v) is 2.28. The SMILES string of the molecule is C=C(C)C(C)/C=C1/CC=Cc2cccc(C)c21.CC. The molecule has 0 aliphatic heterocycles. The summed E-state index contributed by atoms with van der Waals surface area (Å²) in [6.45, 7) is 14.5. The first-order valence-electron chi connectivity index (χ1n) is 7.22. The van der Waals surface area contributed by atoms with Crippen molar-refractivity contribution in [3.05, 3.63) is 59.2 Å². The molecule has 0 heterocycles. The van der Waals surface area contributed by atoms with Gasteiger partial charge in [-0.3, -0.25) is 0 Å². The molecule has 0 aromatic heterocycles. The Morgan fingerprint density at radius 2 is 2.00 bits per heavy atom. The number of hydrogen-bond donors (Lipinski definition) is 0. The van der Waals surface area contributed by atoms with Gasteiger partial charge in [-0.2, -0.15) is 0 Å². The molecule has 0 bridgehead atoms. The summed E-state index contributed by atoms with van der Waals surface area (Å²) in [5.74, 6) is 0.448. The number of aryl methyl sites for hydroxylation is 1. The molecule has 1 aliphatic rings. The molecule has 0 spiro atoms. The zero-order valence-corrected chi connectivity index (χ0v) is 13.0. The Balaban J connectivity index is 0.000000861. The summed E-state index contributed by atoms with van der Waals surface area (Å²) in [5.41, 5.74) is 6.80. The minimum absolute atomic E-state index is 0.448. The Morgan fingerprint density at radius 1 is 1.32 bits per heavy atom. The van der Waals surface area contributed by atoms with Crippen molar-refractivity contribution in [2.75, 3.05) is 0 Å². The Labute approximate surface area is 118 Å². The molecule has 1 aliphatic carbocycles. The number of hydrogen-bond acceptors (Lipinski definition) is 0. The average molecular weight is 254 g/mol. The van der Waals surface area contributed by atoms with Crippen molar-refractivity contribution in [2.24, 2.45) is 5.92 Å². The smallest absolute Gasteiger partial charge is 0.00510 e. The van der Waals surface area contributed by atoms with Crippen molar-refractivity contribution in [3.8, 4) is 0 Å². The van der Waals surface area contributed by atoms with E-state index in [4.69, 9.17) is 0 Å². The highest BCUT2D eigenvalue weighted by Crippen LogP contribution is 2.32. The molecular formula is C19H26. The maximum absolute atomic E-state index is 4.04. The van der Waals surface area contributed by atoms with Crippen molar-refractivity contribution in [2.45, 2.75) is 41.0 Å². The second-order valence-corrected chi connectivity index (χ2v) is 4.97. The van der Waals surface area contributed by atoms with E-state index < -0.39 is 0 Å². The van der Waals surface area contributed by atoms with Gasteiger partial charge in [-0.15, -0.1) is 0 Å². The first-order chi connectivity index (χ1) is 9.09. The lowest BCUT2D eigenvalue weighted by molar-refractivity contribution is 0.867. The van der Waals surface area contributed by atoms with Crippen molar-refractivity contribution in [1.82, 2.24) is 0 Å². The predicted octanol–water partition coefficient (Wildman–Crippen LogP) is 6.03. The van der Waals surface area contributed by atoms with Gasteiger partial charge < -0.3 is 0 Å². The van der Waals surface area contributed by atoms with Crippen LogP contribution < -0.4 is 0 Å². The summed E-state index contributed by atoms with van der Waals surface area (Å²) in [4.78, 5) is 0. The standard InChI is InChI=1S/C17H20.C2H6/c1-12(2)14(4)11-16-10-6-9-15-8-5-7-13(3)17(15)16;1-2/h5-9,11,14H,1,10H2,2-4H3;1-2H3/b16-11-;. The van der Waals surface area contributed by atoms with Crippen LogP contribution in [0.4, 0.5) is 0 Å². The topological polar surface area (TPSA) is 0 Å². The second-order valence-electron chi connectivity index (χ2n) is 4.97. The van der Waals surface area contributed by atoms with Crippen molar-refractivity contribution < 1.29 is 0 Å². The zero-order chi connectivity index (χ0) is 14.4. The van der Waals surface area contributed by atoms with Gasteiger partial charge in [0.05, 0.1) is 0 Å². The minimum Gasteiger partial charge on any atom is -0.0996 e. The van der Waals surface area contributed by atoms with Gasteiger partial charge >= 0.3 is 0 Å². The molecule has 0 amide bonds. The lowest BCUT2D eigenvalue weighted by atomic mass is 9.86. The van der Waals surface area contributed by atoms with E-state index >= 15 is 0 Å². The van der Waals surface area contributed by atoms with Gasteiger partial charge in [0.1, 0.15) is 0 Å². The van der Waals surface area contributed by atoms with Crippen molar-refractivity contribution in [1.29, 1.82) is 0 Å². The average Bonchev–Trinajstić information content (AvgIpc) is 2.41. The van der Waals surface area contributed by atoms with Gasteiger partial charge in [-0.1, -0.05) is 69.4 Å². The van der Waals surface area contributed by atoms with Gasteiger partial charge in [0.15, 0.2) is 0 Å². The highest BCUT2D eigenvalue weighted by molar-refractivity contribution is 5.81. The monoisotopic (exact) mass is 254 g/mol. The van der Waals surface area contributed by atoms with Crippen LogP contribution in [0, 0.1) is 12.8 Å². The lowest BCUT2D eigenvalue weighted by Gasteiger charge is -2.19. The molecule has 1 atom stereocenters. The molecule has 1 aromatic carbocycles. The first-order valence-corrected chi connectivity index (χ1v) is 7.22. The van der Waals surface area contributed by atoms with E-state index in [1.807, 2.05) is 13.8 Å². The number of fused-ring (bicyclic) bond motifs is 1. The van der Waals surface area contributed by atoms with Crippen LogP contribution in [0.15, 0.2) is 42.5 Å². The van der Waals surface area contributed by atoms with Crippen LogP contribution in [0.5, 0.6) is 0 Å². The van der Waals surface area contributed by atoms with Crippen molar-refractivity contribution in [3.63, 3.8) is 0 Å². The molecule has 19 heavy (non-hydrogen) atoms. The second kappa shape index (κ2) is 7.13. The van der Waals surface area contributed by atoms with Gasteiger partial charge in [0.2, 0.25) is 0 Å². The van der Waals surface area contributed by atoms with E-state index in [9.17, 15) is 0 Å². The molecule has 1 aromatic rings. The van der Waals surface area contributed by atoms with E-state index in [0.717, 1.165) is 6.42 Å². The summed E-state index contributed by atoms with van der Waals surface area (Å²) in [6.07, 6.45) is 7.87. The summed E-state index contributed by atoms with van der Waals surface area (Å²) < 4.78 is 0.